The van der Waals surface area contributed by atoms with E-state index in [0.29, 0.717) is 4.21 Å². The van der Waals surface area contributed by atoms with E-state index >= 15 is 0 Å². The molecule has 1 unspecified atom stereocenters. The van der Waals surface area contributed by atoms with Gasteiger partial charge >= 0.3 is 0 Å². The standard InChI is InChI=1S/C9H14BrNO2S3/c1-3-14-6-7(2)11-16(12,13)9-5-4-8(10)15-9/h4-5,7,11H,3,6H2,1-2H3. The van der Waals surface area contributed by atoms with Gasteiger partial charge in [0.15, 0.2) is 0 Å². The second-order valence-electron chi connectivity index (χ2n) is 3.24. The van der Waals surface area contributed by atoms with Gasteiger partial charge in [-0.25, -0.2) is 13.1 Å². The maximum absolute atomic E-state index is 11.9. The third-order valence-corrected chi connectivity index (χ3v) is 6.59. The van der Waals surface area contributed by atoms with E-state index in [1.807, 2.05) is 6.92 Å². The van der Waals surface area contributed by atoms with E-state index < -0.39 is 10.0 Å². The number of halogens is 1. The van der Waals surface area contributed by atoms with E-state index in [0.717, 1.165) is 15.3 Å². The summed E-state index contributed by atoms with van der Waals surface area (Å²) in [7, 11) is -3.34. The summed E-state index contributed by atoms with van der Waals surface area (Å²) in [6, 6.07) is 3.30. The van der Waals surface area contributed by atoms with Gasteiger partial charge in [0.05, 0.1) is 3.79 Å². The molecular weight excluding hydrogens is 330 g/mol. The van der Waals surface area contributed by atoms with Crippen molar-refractivity contribution in [1.29, 1.82) is 0 Å². The molecule has 0 fully saturated rings. The third-order valence-electron chi connectivity index (χ3n) is 1.74. The molecule has 0 radical (unpaired) electrons. The SMILES string of the molecule is CCSCC(C)NS(=O)(=O)c1ccc(Br)s1. The molecular formula is C9H14BrNO2S3. The van der Waals surface area contributed by atoms with Crippen molar-refractivity contribution in [3.63, 3.8) is 0 Å². The van der Waals surface area contributed by atoms with Crippen LogP contribution in [0.1, 0.15) is 13.8 Å². The van der Waals surface area contributed by atoms with E-state index in [4.69, 9.17) is 0 Å². The predicted octanol–water partition coefficient (Wildman–Crippen LogP) is 2.93. The van der Waals surface area contributed by atoms with Crippen molar-refractivity contribution in [3.8, 4) is 0 Å². The molecule has 16 heavy (non-hydrogen) atoms. The van der Waals surface area contributed by atoms with E-state index in [9.17, 15) is 8.42 Å². The molecule has 1 aromatic rings. The van der Waals surface area contributed by atoms with Crippen LogP contribution in [0.4, 0.5) is 0 Å². The number of rotatable bonds is 6. The predicted molar refractivity (Wildman–Crippen MR) is 74.8 cm³/mol. The Hall–Kier alpha value is 0.440. The molecule has 1 atom stereocenters. The largest absolute Gasteiger partial charge is 0.250 e. The fourth-order valence-electron chi connectivity index (χ4n) is 1.09. The Balaban J connectivity index is 2.65. The molecule has 1 aromatic heterocycles. The fourth-order valence-corrected chi connectivity index (χ4v) is 5.14. The van der Waals surface area contributed by atoms with Gasteiger partial charge in [0.25, 0.3) is 0 Å². The van der Waals surface area contributed by atoms with Crippen LogP contribution in [0, 0.1) is 0 Å². The van der Waals surface area contributed by atoms with Crippen LogP contribution in [0.2, 0.25) is 0 Å². The van der Waals surface area contributed by atoms with Gasteiger partial charge in [-0.1, -0.05) is 6.92 Å². The second kappa shape index (κ2) is 6.39. The van der Waals surface area contributed by atoms with E-state index in [1.165, 1.54) is 11.3 Å². The monoisotopic (exact) mass is 343 g/mol. The summed E-state index contributed by atoms with van der Waals surface area (Å²) in [5.74, 6) is 1.79. The van der Waals surface area contributed by atoms with Crippen molar-refractivity contribution in [2.24, 2.45) is 0 Å². The number of thioether (sulfide) groups is 1. The maximum atomic E-state index is 11.9. The van der Waals surface area contributed by atoms with Crippen molar-refractivity contribution in [3.05, 3.63) is 15.9 Å². The minimum atomic E-state index is -3.34. The average molecular weight is 344 g/mol. The number of hydrogen-bond acceptors (Lipinski definition) is 4. The third kappa shape index (κ3) is 4.37. The molecule has 1 N–H and O–H groups in total. The fraction of sp³-hybridized carbons (Fsp3) is 0.556. The van der Waals surface area contributed by atoms with Crippen LogP contribution in [0.5, 0.6) is 0 Å². The molecule has 0 bridgehead atoms. The quantitative estimate of drug-likeness (QED) is 0.863. The van der Waals surface area contributed by atoms with Crippen LogP contribution in [0.25, 0.3) is 0 Å². The highest BCUT2D eigenvalue weighted by Crippen LogP contribution is 2.26. The van der Waals surface area contributed by atoms with Gasteiger partial charge in [0, 0.05) is 11.8 Å². The van der Waals surface area contributed by atoms with Crippen LogP contribution in [-0.4, -0.2) is 26.0 Å². The van der Waals surface area contributed by atoms with Gasteiger partial charge in [0.2, 0.25) is 10.0 Å². The first-order valence-electron chi connectivity index (χ1n) is 4.81. The number of hydrogen-bond donors (Lipinski definition) is 1. The molecule has 92 valence electrons. The van der Waals surface area contributed by atoms with E-state index in [-0.39, 0.29) is 6.04 Å². The molecule has 0 aliphatic rings. The summed E-state index contributed by atoms with van der Waals surface area (Å²) in [6.07, 6.45) is 0. The average Bonchev–Trinajstić information content (AvgIpc) is 2.62. The minimum absolute atomic E-state index is 0.0455. The van der Waals surface area contributed by atoms with Crippen molar-refractivity contribution in [2.75, 3.05) is 11.5 Å². The molecule has 0 spiro atoms. The lowest BCUT2D eigenvalue weighted by atomic mass is 10.4. The number of nitrogens with one attached hydrogen (secondary N) is 1. The highest BCUT2D eigenvalue weighted by Gasteiger charge is 2.18. The van der Waals surface area contributed by atoms with E-state index in [2.05, 4.69) is 27.6 Å². The smallest absolute Gasteiger partial charge is 0.207 e. The Morgan fingerprint density at radius 2 is 2.25 bits per heavy atom. The topological polar surface area (TPSA) is 46.2 Å². The zero-order valence-electron chi connectivity index (χ0n) is 9.07. The first-order chi connectivity index (χ1) is 7.45. The Kier molecular flexibility index (Phi) is 5.79. The van der Waals surface area contributed by atoms with Crippen LogP contribution in [-0.2, 0) is 10.0 Å². The van der Waals surface area contributed by atoms with Crippen LogP contribution < -0.4 is 4.72 Å². The molecule has 0 aliphatic carbocycles. The van der Waals surface area contributed by atoms with E-state index in [1.54, 1.807) is 23.9 Å². The first kappa shape index (κ1) is 14.5. The van der Waals surface area contributed by atoms with Gasteiger partial charge in [-0.05, 0) is 40.7 Å². The Morgan fingerprint density at radius 1 is 1.56 bits per heavy atom. The molecule has 0 saturated heterocycles. The Labute approximate surface area is 113 Å². The van der Waals surface area contributed by atoms with Crippen LogP contribution in [0.15, 0.2) is 20.1 Å². The second-order valence-corrected chi connectivity index (χ2v) is 8.96. The summed E-state index contributed by atoms with van der Waals surface area (Å²) >= 11 is 6.20. The molecule has 3 nitrogen and oxygen atoms in total. The van der Waals surface area contributed by atoms with Gasteiger partial charge < -0.3 is 0 Å². The number of thiophene rings is 1. The zero-order chi connectivity index (χ0) is 12.2. The minimum Gasteiger partial charge on any atom is -0.207 e. The Bertz CT molecular complexity index is 430. The lowest BCUT2D eigenvalue weighted by Crippen LogP contribution is -2.33. The van der Waals surface area contributed by atoms with Crippen LogP contribution >= 0.6 is 39.0 Å². The highest BCUT2D eigenvalue weighted by molar-refractivity contribution is 9.11. The van der Waals surface area contributed by atoms with Crippen molar-refractivity contribution < 1.29 is 8.42 Å². The van der Waals surface area contributed by atoms with Crippen molar-refractivity contribution in [2.45, 2.75) is 24.1 Å². The molecule has 0 aliphatic heterocycles. The maximum Gasteiger partial charge on any atom is 0.250 e. The number of sulfonamides is 1. The molecule has 1 heterocycles. The molecule has 0 saturated carbocycles. The normalized spacial score (nSPS) is 13.9. The van der Waals surface area contributed by atoms with Crippen molar-refractivity contribution in [1.82, 2.24) is 4.72 Å². The Morgan fingerprint density at radius 3 is 2.75 bits per heavy atom. The molecule has 1 rings (SSSR count). The van der Waals surface area contributed by atoms with Gasteiger partial charge in [0.1, 0.15) is 4.21 Å². The highest BCUT2D eigenvalue weighted by atomic mass is 79.9. The van der Waals surface area contributed by atoms with Crippen molar-refractivity contribution >= 4 is 49.1 Å². The summed E-state index contributed by atoms with van der Waals surface area (Å²) in [5, 5.41) is 0. The first-order valence-corrected chi connectivity index (χ1v) is 9.06. The van der Waals surface area contributed by atoms with Gasteiger partial charge in [-0.3, -0.25) is 0 Å². The lowest BCUT2D eigenvalue weighted by Gasteiger charge is -2.12. The summed E-state index contributed by atoms with van der Waals surface area (Å²) in [4.78, 5) is 0. The molecule has 0 amide bonds. The summed E-state index contributed by atoms with van der Waals surface area (Å²) in [5.41, 5.74) is 0. The lowest BCUT2D eigenvalue weighted by molar-refractivity contribution is 0.573. The zero-order valence-corrected chi connectivity index (χ0v) is 13.1. The van der Waals surface area contributed by atoms with Gasteiger partial charge in [-0.15, -0.1) is 11.3 Å². The summed E-state index contributed by atoms with van der Waals surface area (Å²) in [6.45, 7) is 3.94. The summed E-state index contributed by atoms with van der Waals surface area (Å²) < 4.78 is 27.6. The molecule has 7 heteroatoms. The molecule has 0 aromatic carbocycles. The van der Waals surface area contributed by atoms with Crippen LogP contribution in [0.3, 0.4) is 0 Å². The van der Waals surface area contributed by atoms with Gasteiger partial charge in [-0.2, -0.15) is 11.8 Å².